The van der Waals surface area contributed by atoms with Gasteiger partial charge in [-0.15, -0.1) is 0 Å². The predicted octanol–water partition coefficient (Wildman–Crippen LogP) is 1.85. The average molecular weight is 171 g/mol. The monoisotopic (exact) mass is 171 g/mol. The zero-order valence-electron chi connectivity index (χ0n) is 8.51. The summed E-state index contributed by atoms with van der Waals surface area (Å²) in [4.78, 5) is 0. The Morgan fingerprint density at radius 1 is 1.08 bits per heavy atom. The minimum atomic E-state index is 0. The highest BCUT2D eigenvalue weighted by Crippen LogP contribution is 2.52. The van der Waals surface area contributed by atoms with Gasteiger partial charge >= 0.3 is 0 Å². The predicted molar refractivity (Wildman–Crippen MR) is 49.3 cm³/mol. The maximum Gasteiger partial charge on any atom is 0.0989 e. The lowest BCUT2D eigenvalue weighted by Gasteiger charge is -2.42. The smallest absolute Gasteiger partial charge is 0.0989 e. The van der Waals surface area contributed by atoms with Crippen molar-refractivity contribution in [2.75, 3.05) is 21.1 Å². The van der Waals surface area contributed by atoms with Crippen molar-refractivity contribution in [3.8, 4) is 0 Å². The third kappa shape index (κ3) is 1.17. The summed E-state index contributed by atoms with van der Waals surface area (Å²) in [6.07, 6.45) is 7.50. The Balaban J connectivity index is 0.000000720. The highest BCUT2D eigenvalue weighted by molar-refractivity contribution is 4.97. The van der Waals surface area contributed by atoms with Gasteiger partial charge in [0.25, 0.3) is 0 Å². The Labute approximate surface area is 75.5 Å². The fraction of sp³-hybridized carbons (Fsp3) is 1.00. The topological polar surface area (TPSA) is 30.0 Å². The SMILES string of the molecule is C[N+](C)(C)C12CCC(CC1)C2.[OH-]. The molecule has 0 spiro atoms. The molecule has 0 unspecified atom stereocenters. The molecule has 0 aromatic carbocycles. The van der Waals surface area contributed by atoms with Crippen molar-refractivity contribution < 1.29 is 9.96 Å². The minimum Gasteiger partial charge on any atom is -0.870 e. The molecule has 0 aromatic heterocycles. The third-order valence-electron chi connectivity index (χ3n) is 4.13. The van der Waals surface area contributed by atoms with Crippen LogP contribution in [-0.4, -0.2) is 36.6 Å². The first-order valence-corrected chi connectivity index (χ1v) is 4.85. The molecule has 0 atom stereocenters. The van der Waals surface area contributed by atoms with Crippen LogP contribution in [0, 0.1) is 5.92 Å². The molecule has 0 radical (unpaired) electrons. The summed E-state index contributed by atoms with van der Waals surface area (Å²) in [5.74, 6) is 1.09. The molecule has 2 fully saturated rings. The van der Waals surface area contributed by atoms with Crippen molar-refractivity contribution in [1.29, 1.82) is 0 Å². The third-order valence-corrected chi connectivity index (χ3v) is 4.13. The zero-order valence-corrected chi connectivity index (χ0v) is 8.51. The fourth-order valence-corrected chi connectivity index (χ4v) is 3.11. The molecule has 72 valence electrons. The lowest BCUT2D eigenvalue weighted by atomic mass is 9.91. The molecule has 0 aliphatic heterocycles. The molecular formula is C10H21NO. The highest BCUT2D eigenvalue weighted by atomic mass is 16.0. The maximum atomic E-state index is 2.37. The second kappa shape index (κ2) is 2.71. The number of rotatable bonds is 1. The Kier molecular flexibility index (Phi) is 2.26. The lowest BCUT2D eigenvalue weighted by molar-refractivity contribution is -0.922. The minimum absolute atomic E-state index is 0. The maximum absolute atomic E-state index is 2.37. The summed E-state index contributed by atoms with van der Waals surface area (Å²) in [7, 11) is 7.11. The van der Waals surface area contributed by atoms with Crippen LogP contribution in [0.3, 0.4) is 0 Å². The average Bonchev–Trinajstić information content (AvgIpc) is 2.42. The molecule has 2 heteroatoms. The van der Waals surface area contributed by atoms with E-state index >= 15 is 0 Å². The Hall–Kier alpha value is -0.0800. The van der Waals surface area contributed by atoms with E-state index in [0.717, 1.165) is 5.92 Å². The fourth-order valence-electron chi connectivity index (χ4n) is 3.11. The summed E-state index contributed by atoms with van der Waals surface area (Å²) >= 11 is 0. The van der Waals surface area contributed by atoms with Gasteiger partial charge < -0.3 is 9.96 Å². The number of fused-ring (bicyclic) bond motifs is 2. The van der Waals surface area contributed by atoms with Crippen molar-refractivity contribution in [2.45, 2.75) is 37.6 Å². The van der Waals surface area contributed by atoms with E-state index in [9.17, 15) is 0 Å². The van der Waals surface area contributed by atoms with Gasteiger partial charge in [0.2, 0.25) is 0 Å². The second-order valence-electron chi connectivity index (χ2n) is 5.38. The van der Waals surface area contributed by atoms with Gasteiger partial charge in [-0.05, 0) is 18.8 Å². The van der Waals surface area contributed by atoms with Crippen molar-refractivity contribution in [1.82, 2.24) is 0 Å². The second-order valence-corrected chi connectivity index (χ2v) is 5.38. The van der Waals surface area contributed by atoms with Crippen LogP contribution in [0.25, 0.3) is 0 Å². The molecular weight excluding hydrogens is 150 g/mol. The molecule has 2 saturated carbocycles. The van der Waals surface area contributed by atoms with E-state index in [-0.39, 0.29) is 5.48 Å². The van der Waals surface area contributed by atoms with E-state index in [1.54, 1.807) is 0 Å². The van der Waals surface area contributed by atoms with Gasteiger partial charge in [0.1, 0.15) is 0 Å². The summed E-state index contributed by atoms with van der Waals surface area (Å²) < 4.78 is 1.20. The van der Waals surface area contributed by atoms with Crippen LogP contribution < -0.4 is 0 Å². The van der Waals surface area contributed by atoms with Crippen molar-refractivity contribution >= 4 is 0 Å². The van der Waals surface area contributed by atoms with Gasteiger partial charge in [-0.1, -0.05) is 0 Å². The molecule has 0 heterocycles. The molecule has 2 nitrogen and oxygen atoms in total. The van der Waals surface area contributed by atoms with E-state index in [2.05, 4.69) is 21.1 Å². The standard InChI is InChI=1S/C10H20N.H2O/c1-11(2,3)10-6-4-9(8-10)5-7-10;/h9H,4-8H2,1-3H3;1H2/q+1;/p-1. The summed E-state index contributed by atoms with van der Waals surface area (Å²) in [5.41, 5.74) is 0.685. The van der Waals surface area contributed by atoms with E-state index in [4.69, 9.17) is 0 Å². The lowest BCUT2D eigenvalue weighted by Crippen LogP contribution is -2.54. The van der Waals surface area contributed by atoms with Crippen LogP contribution in [0.15, 0.2) is 0 Å². The summed E-state index contributed by atoms with van der Waals surface area (Å²) in [6.45, 7) is 0. The molecule has 0 aromatic rings. The van der Waals surface area contributed by atoms with Gasteiger partial charge in [0.05, 0.1) is 26.7 Å². The van der Waals surface area contributed by atoms with Crippen molar-refractivity contribution in [3.63, 3.8) is 0 Å². The van der Waals surface area contributed by atoms with Crippen LogP contribution in [-0.2, 0) is 0 Å². The molecule has 2 aliphatic rings. The Bertz CT molecular complexity index is 163. The van der Waals surface area contributed by atoms with Crippen molar-refractivity contribution in [3.05, 3.63) is 0 Å². The van der Waals surface area contributed by atoms with Gasteiger partial charge in [-0.2, -0.15) is 0 Å². The molecule has 2 bridgehead atoms. The zero-order chi connectivity index (χ0) is 8.11. The Morgan fingerprint density at radius 2 is 1.58 bits per heavy atom. The van der Waals surface area contributed by atoms with Gasteiger partial charge in [0.15, 0.2) is 0 Å². The first-order valence-electron chi connectivity index (χ1n) is 4.85. The van der Waals surface area contributed by atoms with Crippen LogP contribution in [0.1, 0.15) is 32.1 Å². The van der Waals surface area contributed by atoms with E-state index in [1.165, 1.54) is 36.6 Å². The summed E-state index contributed by atoms with van der Waals surface area (Å²) in [6, 6.07) is 0. The molecule has 0 amide bonds. The Morgan fingerprint density at radius 3 is 1.75 bits per heavy atom. The number of hydrogen-bond acceptors (Lipinski definition) is 1. The molecule has 0 saturated heterocycles. The van der Waals surface area contributed by atoms with E-state index in [1.807, 2.05) is 0 Å². The molecule has 1 N–H and O–H groups in total. The first kappa shape index (κ1) is 10.0. The van der Waals surface area contributed by atoms with Gasteiger partial charge in [-0.25, -0.2) is 0 Å². The van der Waals surface area contributed by atoms with Gasteiger partial charge in [0, 0.05) is 19.3 Å². The normalized spacial score (nSPS) is 39.8. The van der Waals surface area contributed by atoms with Gasteiger partial charge in [-0.3, -0.25) is 0 Å². The summed E-state index contributed by atoms with van der Waals surface area (Å²) in [5, 5.41) is 0. The van der Waals surface area contributed by atoms with Crippen LogP contribution in [0.4, 0.5) is 0 Å². The number of quaternary nitrogens is 1. The molecule has 2 aliphatic carbocycles. The quantitative estimate of drug-likeness (QED) is 0.554. The first-order chi connectivity index (χ1) is 5.04. The number of nitrogens with zero attached hydrogens (tertiary/aromatic N) is 1. The van der Waals surface area contributed by atoms with Crippen molar-refractivity contribution in [2.24, 2.45) is 5.92 Å². The van der Waals surface area contributed by atoms with E-state index in [0.29, 0.717) is 5.54 Å². The molecule has 12 heavy (non-hydrogen) atoms. The van der Waals surface area contributed by atoms with Crippen LogP contribution in [0.5, 0.6) is 0 Å². The largest absolute Gasteiger partial charge is 0.870 e. The van der Waals surface area contributed by atoms with Crippen LogP contribution in [0.2, 0.25) is 0 Å². The van der Waals surface area contributed by atoms with E-state index < -0.39 is 0 Å². The van der Waals surface area contributed by atoms with Crippen LogP contribution >= 0.6 is 0 Å². The molecule has 2 rings (SSSR count). The highest BCUT2D eigenvalue weighted by Gasteiger charge is 2.53. The number of hydrogen-bond donors (Lipinski definition) is 0.